The normalized spacial score (nSPS) is 15.8. The molecule has 2 heterocycles. The molecule has 1 atom stereocenters. The molecule has 2 aromatic rings. The largest absolute Gasteiger partial charge is 0.368 e. The molecule has 2 N–H and O–H groups in total. The number of anilines is 1. The molecule has 1 aromatic heterocycles. The first-order chi connectivity index (χ1) is 13.9. The summed E-state index contributed by atoms with van der Waals surface area (Å²) in [6, 6.07) is 12.1. The minimum absolute atomic E-state index is 0.143. The molecule has 1 unspecified atom stereocenters. The molecule has 0 spiro atoms. The second kappa shape index (κ2) is 9.38. The van der Waals surface area contributed by atoms with Crippen molar-refractivity contribution in [2.75, 3.05) is 37.6 Å². The Hall–Kier alpha value is -2.43. The third-order valence-electron chi connectivity index (χ3n) is 4.65. The van der Waals surface area contributed by atoms with Crippen molar-refractivity contribution in [3.63, 3.8) is 0 Å². The van der Waals surface area contributed by atoms with E-state index in [1.807, 2.05) is 30.3 Å². The van der Waals surface area contributed by atoms with Crippen LogP contribution in [0.4, 0.5) is 5.69 Å². The number of carbonyl (C=O) groups excluding carboxylic acids is 2. The minimum Gasteiger partial charge on any atom is -0.368 e. The second-order valence-corrected chi connectivity index (χ2v) is 9.58. The van der Waals surface area contributed by atoms with Gasteiger partial charge in [0.1, 0.15) is 4.21 Å². The van der Waals surface area contributed by atoms with Gasteiger partial charge in [0.15, 0.2) is 0 Å². The van der Waals surface area contributed by atoms with Crippen LogP contribution < -0.4 is 14.9 Å². The molecule has 1 saturated heterocycles. The number of nitrogens with one attached hydrogen (secondary N) is 2. The number of amides is 2. The highest BCUT2D eigenvalue weighted by atomic mass is 32.2. The van der Waals surface area contributed by atoms with Gasteiger partial charge in [-0.05, 0) is 30.5 Å². The summed E-state index contributed by atoms with van der Waals surface area (Å²) in [7, 11) is -3.75. The Labute approximate surface area is 174 Å². The average Bonchev–Trinajstić information content (AvgIpc) is 3.28. The molecule has 0 bridgehead atoms. The summed E-state index contributed by atoms with van der Waals surface area (Å²) >= 11 is 1.07. The first-order valence-corrected chi connectivity index (χ1v) is 11.6. The van der Waals surface area contributed by atoms with E-state index in [1.165, 1.54) is 13.0 Å². The number of para-hydroxylation sites is 1. The number of hydrogen-bond acceptors (Lipinski definition) is 6. The molecule has 3 rings (SSSR count). The Bertz CT molecular complexity index is 924. The number of nitrogens with zero attached hydrogens (tertiary/aromatic N) is 2. The standard InChI is InChI=1S/C19H24N4O4S2/c1-15(21-29(26,27)18-8-5-13-28-18)19(25)20-14-17(24)23-11-9-22(10-12-23)16-6-3-2-4-7-16/h2-8,13,15,21H,9-12,14H2,1H3,(H,20,25). The summed E-state index contributed by atoms with van der Waals surface area (Å²) in [4.78, 5) is 28.5. The van der Waals surface area contributed by atoms with E-state index in [1.54, 1.807) is 16.3 Å². The smallest absolute Gasteiger partial charge is 0.250 e. The van der Waals surface area contributed by atoms with E-state index < -0.39 is 22.0 Å². The Morgan fingerprint density at radius 1 is 1.07 bits per heavy atom. The second-order valence-electron chi connectivity index (χ2n) is 6.70. The Morgan fingerprint density at radius 3 is 2.38 bits per heavy atom. The van der Waals surface area contributed by atoms with Crippen molar-refractivity contribution < 1.29 is 18.0 Å². The maximum absolute atomic E-state index is 12.4. The molecular formula is C19H24N4O4S2. The van der Waals surface area contributed by atoms with Gasteiger partial charge in [0.25, 0.3) is 10.0 Å². The van der Waals surface area contributed by atoms with Gasteiger partial charge in [-0.25, -0.2) is 8.42 Å². The summed E-state index contributed by atoms with van der Waals surface area (Å²) in [5.74, 6) is -0.722. The van der Waals surface area contributed by atoms with E-state index in [9.17, 15) is 18.0 Å². The molecule has 0 aliphatic carbocycles. The minimum atomic E-state index is -3.75. The van der Waals surface area contributed by atoms with Crippen LogP contribution in [0.25, 0.3) is 0 Å². The van der Waals surface area contributed by atoms with Crippen molar-refractivity contribution >= 4 is 38.9 Å². The fraction of sp³-hybridized carbons (Fsp3) is 0.368. The Balaban J connectivity index is 1.44. The monoisotopic (exact) mass is 436 g/mol. The zero-order valence-electron chi connectivity index (χ0n) is 16.1. The van der Waals surface area contributed by atoms with E-state index in [4.69, 9.17) is 0 Å². The molecule has 156 valence electrons. The van der Waals surface area contributed by atoms with Crippen LogP contribution in [-0.4, -0.2) is 63.9 Å². The van der Waals surface area contributed by atoms with E-state index in [0.717, 1.165) is 30.1 Å². The van der Waals surface area contributed by atoms with Gasteiger partial charge < -0.3 is 15.1 Å². The molecule has 2 amide bonds. The summed E-state index contributed by atoms with van der Waals surface area (Å²) in [6.07, 6.45) is 0. The van der Waals surface area contributed by atoms with Crippen LogP contribution in [0.1, 0.15) is 6.92 Å². The molecule has 0 radical (unpaired) electrons. The molecular weight excluding hydrogens is 412 g/mol. The number of thiophene rings is 1. The predicted octanol–water partition coefficient (Wildman–Crippen LogP) is 0.880. The molecule has 0 saturated carbocycles. The Kier molecular flexibility index (Phi) is 6.88. The van der Waals surface area contributed by atoms with E-state index in [-0.39, 0.29) is 16.7 Å². The van der Waals surface area contributed by atoms with Crippen molar-refractivity contribution in [2.24, 2.45) is 0 Å². The summed E-state index contributed by atoms with van der Waals surface area (Å²) in [5.41, 5.74) is 1.12. The van der Waals surface area contributed by atoms with Crippen molar-refractivity contribution in [3.05, 3.63) is 47.8 Å². The summed E-state index contributed by atoms with van der Waals surface area (Å²) in [6.45, 7) is 3.88. The van der Waals surface area contributed by atoms with E-state index in [0.29, 0.717) is 13.1 Å². The van der Waals surface area contributed by atoms with Gasteiger partial charge in [-0.1, -0.05) is 24.3 Å². The van der Waals surface area contributed by atoms with Crippen LogP contribution in [-0.2, 0) is 19.6 Å². The zero-order valence-corrected chi connectivity index (χ0v) is 17.7. The predicted molar refractivity (Wildman–Crippen MR) is 112 cm³/mol. The van der Waals surface area contributed by atoms with Crippen LogP contribution in [0.2, 0.25) is 0 Å². The number of piperazine rings is 1. The molecule has 1 aliphatic heterocycles. The lowest BCUT2D eigenvalue weighted by molar-refractivity contribution is -0.133. The van der Waals surface area contributed by atoms with Crippen molar-refractivity contribution in [1.82, 2.24) is 14.9 Å². The summed E-state index contributed by atoms with van der Waals surface area (Å²) in [5, 5.41) is 4.17. The van der Waals surface area contributed by atoms with Crippen LogP contribution in [0.15, 0.2) is 52.1 Å². The van der Waals surface area contributed by atoms with Crippen molar-refractivity contribution in [3.8, 4) is 0 Å². The first-order valence-electron chi connectivity index (χ1n) is 9.28. The number of hydrogen-bond donors (Lipinski definition) is 2. The van der Waals surface area contributed by atoms with E-state index in [2.05, 4.69) is 14.9 Å². The highest BCUT2D eigenvalue weighted by Gasteiger charge is 2.25. The lowest BCUT2D eigenvalue weighted by atomic mass is 10.2. The van der Waals surface area contributed by atoms with Gasteiger partial charge in [-0.3, -0.25) is 9.59 Å². The third kappa shape index (κ3) is 5.55. The highest BCUT2D eigenvalue weighted by molar-refractivity contribution is 7.91. The van der Waals surface area contributed by atoms with Crippen LogP contribution >= 0.6 is 11.3 Å². The SMILES string of the molecule is CC(NS(=O)(=O)c1cccs1)C(=O)NCC(=O)N1CCN(c2ccccc2)CC1. The topological polar surface area (TPSA) is 98.8 Å². The van der Waals surface area contributed by atoms with Gasteiger partial charge in [-0.2, -0.15) is 4.72 Å². The molecule has 29 heavy (non-hydrogen) atoms. The van der Waals surface area contributed by atoms with Gasteiger partial charge in [0.2, 0.25) is 11.8 Å². The fourth-order valence-corrected chi connectivity index (χ4v) is 5.25. The maximum atomic E-state index is 12.4. The van der Waals surface area contributed by atoms with Crippen molar-refractivity contribution in [2.45, 2.75) is 17.2 Å². The quantitative estimate of drug-likeness (QED) is 0.671. The first kappa shape index (κ1) is 21.3. The molecule has 1 aliphatic rings. The van der Waals surface area contributed by atoms with Gasteiger partial charge in [0, 0.05) is 31.9 Å². The lowest BCUT2D eigenvalue weighted by Gasteiger charge is -2.36. The van der Waals surface area contributed by atoms with Gasteiger partial charge in [-0.15, -0.1) is 11.3 Å². The van der Waals surface area contributed by atoms with Gasteiger partial charge >= 0.3 is 0 Å². The zero-order chi connectivity index (χ0) is 20.9. The molecule has 1 aromatic carbocycles. The van der Waals surface area contributed by atoms with Crippen LogP contribution in [0.5, 0.6) is 0 Å². The van der Waals surface area contributed by atoms with Crippen molar-refractivity contribution in [1.29, 1.82) is 0 Å². The average molecular weight is 437 g/mol. The number of sulfonamides is 1. The van der Waals surface area contributed by atoms with Crippen LogP contribution in [0.3, 0.4) is 0 Å². The lowest BCUT2D eigenvalue weighted by Crippen LogP contribution is -2.52. The van der Waals surface area contributed by atoms with Gasteiger partial charge in [0.05, 0.1) is 12.6 Å². The molecule has 10 heteroatoms. The van der Waals surface area contributed by atoms with Crippen LogP contribution in [0, 0.1) is 0 Å². The third-order valence-corrected chi connectivity index (χ3v) is 7.59. The Morgan fingerprint density at radius 2 is 1.76 bits per heavy atom. The number of rotatable bonds is 7. The highest BCUT2D eigenvalue weighted by Crippen LogP contribution is 2.16. The number of benzene rings is 1. The fourth-order valence-electron chi connectivity index (χ4n) is 3.04. The maximum Gasteiger partial charge on any atom is 0.250 e. The molecule has 8 nitrogen and oxygen atoms in total. The number of carbonyl (C=O) groups is 2. The van der Waals surface area contributed by atoms with E-state index >= 15 is 0 Å². The molecule has 1 fully saturated rings. The summed E-state index contributed by atoms with van der Waals surface area (Å²) < 4.78 is 26.8.